The molecule has 0 saturated heterocycles. The van der Waals surface area contributed by atoms with Crippen LogP contribution in [0.1, 0.15) is 95.1 Å². The molecule has 380 valence electrons. The quantitative estimate of drug-likeness (QED) is 0.0182. The number of likely N-dealkylation sites (N-methyl/N-ethyl adjacent to an activating group) is 1. The molecule has 0 heterocycles. The van der Waals surface area contributed by atoms with E-state index in [9.17, 15) is 24.0 Å². The average Bonchev–Trinajstić information content (AvgIpc) is 3.35. The standard InChI is InChI=1S/C55H65Cl2N3O11/c1-9-29-55(6,38-53(3,4)37-54(5,10-2)51(64)70-34-32-68-49(62)28-16-40-13-24-45(66-8)25-14-40)52(65)71-35-33-69-50(63)46-36-43(21-26-47(46)57)59-58-42-19-22-44(23-20-42)60(7)30-31-67-48(61)27-15-39-11-17-41(56)18-12-39/h11-28,36H,9-10,29-35,37-38H2,1-8H3/b27-15+,28-16+,59-58?. The number of ether oxygens (including phenoxy) is 6. The Morgan fingerprint density at radius 2 is 1.13 bits per heavy atom. The highest BCUT2D eigenvalue weighted by Gasteiger charge is 2.44. The molecular formula is C55H65Cl2N3O11. The highest BCUT2D eigenvalue weighted by molar-refractivity contribution is 6.33. The number of benzene rings is 4. The Morgan fingerprint density at radius 1 is 0.620 bits per heavy atom. The van der Waals surface area contributed by atoms with E-state index < -0.39 is 46.1 Å². The van der Waals surface area contributed by atoms with Gasteiger partial charge in [-0.3, -0.25) is 9.59 Å². The molecule has 0 aliphatic heterocycles. The largest absolute Gasteiger partial charge is 0.497 e. The van der Waals surface area contributed by atoms with E-state index in [0.717, 1.165) is 16.8 Å². The Balaban J connectivity index is 1.21. The van der Waals surface area contributed by atoms with Crippen molar-refractivity contribution in [1.29, 1.82) is 0 Å². The number of esters is 5. The van der Waals surface area contributed by atoms with Gasteiger partial charge in [0.2, 0.25) is 0 Å². The lowest BCUT2D eigenvalue weighted by molar-refractivity contribution is -0.162. The van der Waals surface area contributed by atoms with Gasteiger partial charge in [-0.1, -0.05) is 81.6 Å². The maximum Gasteiger partial charge on any atom is 0.339 e. The fourth-order valence-corrected chi connectivity index (χ4v) is 8.37. The number of carbonyl (C=O) groups excluding carboxylic acids is 5. The number of hydrogen-bond acceptors (Lipinski definition) is 14. The van der Waals surface area contributed by atoms with Gasteiger partial charge in [-0.25, -0.2) is 14.4 Å². The van der Waals surface area contributed by atoms with Crippen molar-refractivity contribution in [3.8, 4) is 5.75 Å². The van der Waals surface area contributed by atoms with Gasteiger partial charge in [-0.15, -0.1) is 0 Å². The molecule has 0 bridgehead atoms. The van der Waals surface area contributed by atoms with Crippen molar-refractivity contribution in [3.63, 3.8) is 0 Å². The molecule has 0 spiro atoms. The predicted octanol–water partition coefficient (Wildman–Crippen LogP) is 12.6. The predicted molar refractivity (Wildman–Crippen MR) is 276 cm³/mol. The lowest BCUT2D eigenvalue weighted by atomic mass is 9.64. The van der Waals surface area contributed by atoms with E-state index in [1.165, 1.54) is 24.3 Å². The van der Waals surface area contributed by atoms with Gasteiger partial charge in [-0.05, 0) is 135 Å². The summed E-state index contributed by atoms with van der Waals surface area (Å²) in [7, 11) is 3.45. The molecule has 4 aromatic carbocycles. The highest BCUT2D eigenvalue weighted by Crippen LogP contribution is 2.46. The first-order valence-corrected chi connectivity index (χ1v) is 24.2. The van der Waals surface area contributed by atoms with Crippen molar-refractivity contribution in [1.82, 2.24) is 0 Å². The summed E-state index contributed by atoms with van der Waals surface area (Å²) in [4.78, 5) is 66.6. The van der Waals surface area contributed by atoms with Gasteiger partial charge in [-0.2, -0.15) is 10.2 Å². The minimum atomic E-state index is -0.901. The van der Waals surface area contributed by atoms with E-state index in [2.05, 4.69) is 10.2 Å². The van der Waals surface area contributed by atoms with Crippen LogP contribution in [0.15, 0.2) is 113 Å². The van der Waals surface area contributed by atoms with Crippen LogP contribution in [0.5, 0.6) is 5.75 Å². The van der Waals surface area contributed by atoms with Crippen molar-refractivity contribution in [2.75, 3.05) is 58.6 Å². The number of rotatable bonds is 27. The second kappa shape index (κ2) is 27.8. The Labute approximate surface area is 427 Å². The molecule has 4 rings (SSSR count). The van der Waals surface area contributed by atoms with Gasteiger partial charge in [0, 0.05) is 29.9 Å². The van der Waals surface area contributed by atoms with Gasteiger partial charge >= 0.3 is 29.8 Å². The van der Waals surface area contributed by atoms with E-state index in [1.54, 1.807) is 73.9 Å². The first-order chi connectivity index (χ1) is 33.8. The number of carbonyl (C=O) groups is 5. The van der Waals surface area contributed by atoms with Crippen molar-refractivity contribution in [2.24, 2.45) is 26.5 Å². The van der Waals surface area contributed by atoms with Crippen molar-refractivity contribution >= 4 is 82.3 Å². The zero-order valence-electron chi connectivity index (χ0n) is 41.8. The fraction of sp³-hybridized carbons (Fsp3) is 0.400. The molecule has 71 heavy (non-hydrogen) atoms. The van der Waals surface area contributed by atoms with Gasteiger partial charge in [0.15, 0.2) is 0 Å². The van der Waals surface area contributed by atoms with Crippen LogP contribution in [0.4, 0.5) is 17.1 Å². The number of anilines is 1. The van der Waals surface area contributed by atoms with Crippen LogP contribution >= 0.6 is 23.2 Å². The van der Waals surface area contributed by atoms with Gasteiger partial charge in [0.25, 0.3) is 0 Å². The first-order valence-electron chi connectivity index (χ1n) is 23.4. The molecule has 0 aromatic heterocycles. The normalized spacial score (nSPS) is 13.3. The van der Waals surface area contributed by atoms with E-state index in [0.29, 0.717) is 60.8 Å². The molecule has 0 amide bonds. The average molecular weight is 1020 g/mol. The van der Waals surface area contributed by atoms with Crippen LogP contribution in [0, 0.1) is 16.2 Å². The van der Waals surface area contributed by atoms with Gasteiger partial charge in [0.05, 0.1) is 46.4 Å². The SMILES string of the molecule is CCCC(C)(CC(C)(C)CC(C)(CC)C(=O)OCCOC(=O)/C=C/c1ccc(OC)cc1)C(=O)OCCOC(=O)c1cc(N=Nc2ccc(N(C)CCOC(=O)/C=C/c3ccc(Cl)cc3)cc2)ccc1Cl. The van der Waals surface area contributed by atoms with E-state index >= 15 is 0 Å². The third-order valence-corrected chi connectivity index (χ3v) is 12.2. The molecule has 0 radical (unpaired) electrons. The van der Waals surface area contributed by atoms with E-state index in [4.69, 9.17) is 51.6 Å². The number of hydrogen-bond donors (Lipinski definition) is 0. The summed E-state index contributed by atoms with van der Waals surface area (Å²) in [6, 6.07) is 26.2. The Morgan fingerprint density at radius 3 is 1.70 bits per heavy atom. The van der Waals surface area contributed by atoms with Crippen molar-refractivity contribution < 1.29 is 52.4 Å². The molecule has 2 atom stereocenters. The number of azo groups is 1. The molecule has 0 aliphatic rings. The lowest BCUT2D eigenvalue weighted by Crippen LogP contribution is -2.40. The summed E-state index contributed by atoms with van der Waals surface area (Å²) in [6.45, 7) is 11.7. The van der Waals surface area contributed by atoms with Gasteiger partial charge in [0.1, 0.15) is 38.8 Å². The number of nitrogens with zero attached hydrogens (tertiary/aromatic N) is 3. The zero-order chi connectivity index (χ0) is 52.0. The molecular weight excluding hydrogens is 950 g/mol. The summed E-state index contributed by atoms with van der Waals surface area (Å²) in [5.41, 5.74) is 1.22. The first kappa shape index (κ1) is 57.1. The van der Waals surface area contributed by atoms with Crippen LogP contribution in [0.3, 0.4) is 0 Å². The summed E-state index contributed by atoms with van der Waals surface area (Å²) in [6.07, 6.45) is 8.51. The molecule has 4 aromatic rings. The maximum atomic E-state index is 13.7. The van der Waals surface area contributed by atoms with Crippen molar-refractivity contribution in [2.45, 2.75) is 73.6 Å². The monoisotopic (exact) mass is 1010 g/mol. The maximum absolute atomic E-state index is 13.7. The second-order valence-corrected chi connectivity index (χ2v) is 19.1. The minimum absolute atomic E-state index is 0.0709. The molecule has 16 heteroatoms. The molecule has 0 saturated carbocycles. The zero-order valence-corrected chi connectivity index (χ0v) is 43.3. The Kier molecular flexibility index (Phi) is 22.3. The summed E-state index contributed by atoms with van der Waals surface area (Å²) in [5, 5.41) is 9.34. The molecule has 0 N–H and O–H groups in total. The second-order valence-electron chi connectivity index (χ2n) is 18.3. The van der Waals surface area contributed by atoms with Crippen LogP contribution in [-0.2, 0) is 42.9 Å². The summed E-state index contributed by atoms with van der Waals surface area (Å²) < 4.78 is 32.5. The third-order valence-electron chi connectivity index (χ3n) is 11.6. The van der Waals surface area contributed by atoms with Crippen LogP contribution in [0.25, 0.3) is 12.2 Å². The lowest BCUT2D eigenvalue weighted by Gasteiger charge is -2.40. The van der Waals surface area contributed by atoms with Crippen LogP contribution in [-0.4, -0.2) is 83.6 Å². The summed E-state index contributed by atoms with van der Waals surface area (Å²) in [5.74, 6) is -1.88. The Bertz CT molecular complexity index is 2490. The molecule has 0 aliphatic carbocycles. The fourth-order valence-electron chi connectivity index (χ4n) is 8.05. The third kappa shape index (κ3) is 19.0. The smallest absolute Gasteiger partial charge is 0.339 e. The van der Waals surface area contributed by atoms with Crippen LogP contribution in [0.2, 0.25) is 10.0 Å². The highest BCUT2D eigenvalue weighted by atomic mass is 35.5. The molecule has 14 nitrogen and oxygen atoms in total. The number of methoxy groups -OCH3 is 1. The van der Waals surface area contributed by atoms with Crippen LogP contribution < -0.4 is 9.64 Å². The Hall–Kier alpha value is -6.51. The molecule has 2 unspecified atom stereocenters. The van der Waals surface area contributed by atoms with E-state index in [1.807, 2.05) is 77.8 Å². The minimum Gasteiger partial charge on any atom is -0.497 e. The topological polar surface area (TPSA) is 169 Å². The molecule has 0 fully saturated rings. The number of halogens is 2. The summed E-state index contributed by atoms with van der Waals surface area (Å²) >= 11 is 12.3. The van der Waals surface area contributed by atoms with Gasteiger partial charge < -0.3 is 33.3 Å². The van der Waals surface area contributed by atoms with E-state index in [-0.39, 0.29) is 43.6 Å². The van der Waals surface area contributed by atoms with Crippen molar-refractivity contribution in [3.05, 3.63) is 130 Å².